The Balaban J connectivity index is 2.39. The molecule has 0 aliphatic rings. The van der Waals surface area contributed by atoms with Crippen LogP contribution in [0.25, 0.3) is 0 Å². The lowest BCUT2D eigenvalue weighted by Gasteiger charge is -2.06. The average molecular weight is 264 g/mol. The minimum atomic E-state index is -3.09. The van der Waals surface area contributed by atoms with Crippen LogP contribution in [-0.4, -0.2) is 32.4 Å². The highest BCUT2D eigenvalue weighted by Gasteiger charge is 2.09. The molecule has 0 radical (unpaired) electrons. The molecular formula is C10H14ClNO3S. The number of hydrogen-bond donors (Lipinski definition) is 1. The van der Waals surface area contributed by atoms with Gasteiger partial charge in [0.2, 0.25) is 0 Å². The zero-order valence-corrected chi connectivity index (χ0v) is 10.3. The molecule has 0 saturated carbocycles. The monoisotopic (exact) mass is 263 g/mol. The van der Waals surface area contributed by atoms with Crippen molar-refractivity contribution in [3.05, 3.63) is 24.3 Å². The van der Waals surface area contributed by atoms with E-state index >= 15 is 0 Å². The van der Waals surface area contributed by atoms with Crippen molar-refractivity contribution in [3.63, 3.8) is 0 Å². The Morgan fingerprint density at radius 3 is 2.38 bits per heavy atom. The van der Waals surface area contributed by atoms with Crippen LogP contribution >= 0.6 is 11.6 Å². The van der Waals surface area contributed by atoms with E-state index in [4.69, 9.17) is 22.1 Å². The molecule has 2 N–H and O–H groups in total. The zero-order chi connectivity index (χ0) is 12.0. The number of sulfone groups is 1. The second-order valence-electron chi connectivity index (χ2n) is 3.26. The molecular weight excluding hydrogens is 250 g/mol. The van der Waals surface area contributed by atoms with E-state index in [-0.39, 0.29) is 24.0 Å². The van der Waals surface area contributed by atoms with E-state index in [1.54, 1.807) is 24.3 Å². The summed E-state index contributed by atoms with van der Waals surface area (Å²) >= 11 is 5.37. The standard InChI is InChI=1S/C10H14ClNO3S/c11-5-7-16(13,14)8-6-15-10-3-1-9(12)2-4-10/h1-4H,5-8,12H2. The Kier molecular flexibility index (Phi) is 4.89. The minimum Gasteiger partial charge on any atom is -0.493 e. The molecule has 0 saturated heterocycles. The molecule has 0 aromatic heterocycles. The van der Waals surface area contributed by atoms with Crippen molar-refractivity contribution in [1.29, 1.82) is 0 Å². The Hall–Kier alpha value is -0.940. The molecule has 0 heterocycles. The van der Waals surface area contributed by atoms with E-state index in [0.29, 0.717) is 11.4 Å². The van der Waals surface area contributed by atoms with Crippen molar-refractivity contribution in [2.24, 2.45) is 0 Å². The van der Waals surface area contributed by atoms with Crippen molar-refractivity contribution < 1.29 is 13.2 Å². The molecule has 1 rings (SSSR count). The third kappa shape index (κ3) is 4.72. The first-order chi connectivity index (χ1) is 7.53. The lowest BCUT2D eigenvalue weighted by molar-refractivity contribution is 0.341. The number of rotatable bonds is 6. The number of hydrogen-bond acceptors (Lipinski definition) is 4. The number of ether oxygens (including phenoxy) is 1. The van der Waals surface area contributed by atoms with Gasteiger partial charge in [-0.15, -0.1) is 11.6 Å². The lowest BCUT2D eigenvalue weighted by atomic mass is 10.3. The van der Waals surface area contributed by atoms with Crippen LogP contribution in [0.2, 0.25) is 0 Å². The van der Waals surface area contributed by atoms with Crippen LogP contribution in [0.3, 0.4) is 0 Å². The third-order valence-corrected chi connectivity index (χ3v) is 3.96. The van der Waals surface area contributed by atoms with Crippen molar-refractivity contribution in [1.82, 2.24) is 0 Å². The van der Waals surface area contributed by atoms with Crippen LogP contribution in [0.5, 0.6) is 5.75 Å². The van der Waals surface area contributed by atoms with Gasteiger partial charge in [-0.3, -0.25) is 0 Å². The van der Waals surface area contributed by atoms with Gasteiger partial charge >= 0.3 is 0 Å². The smallest absolute Gasteiger partial charge is 0.154 e. The van der Waals surface area contributed by atoms with Crippen LogP contribution < -0.4 is 10.5 Å². The van der Waals surface area contributed by atoms with E-state index in [9.17, 15) is 8.42 Å². The predicted molar refractivity (Wildman–Crippen MR) is 65.7 cm³/mol. The van der Waals surface area contributed by atoms with Gasteiger partial charge in [0.1, 0.15) is 12.4 Å². The zero-order valence-electron chi connectivity index (χ0n) is 8.73. The fourth-order valence-electron chi connectivity index (χ4n) is 1.07. The molecule has 4 nitrogen and oxygen atoms in total. The highest BCUT2D eigenvalue weighted by molar-refractivity contribution is 7.91. The Labute approximate surface area is 100 Å². The average Bonchev–Trinajstić information content (AvgIpc) is 2.20. The molecule has 1 aromatic carbocycles. The highest BCUT2D eigenvalue weighted by Crippen LogP contribution is 2.12. The third-order valence-electron chi connectivity index (χ3n) is 1.93. The maximum Gasteiger partial charge on any atom is 0.154 e. The van der Waals surface area contributed by atoms with Gasteiger partial charge in [-0.2, -0.15) is 0 Å². The van der Waals surface area contributed by atoms with Gasteiger partial charge in [-0.1, -0.05) is 0 Å². The van der Waals surface area contributed by atoms with E-state index in [2.05, 4.69) is 0 Å². The fraction of sp³-hybridized carbons (Fsp3) is 0.400. The quantitative estimate of drug-likeness (QED) is 0.620. The van der Waals surface area contributed by atoms with Gasteiger partial charge in [-0.25, -0.2) is 8.42 Å². The highest BCUT2D eigenvalue weighted by atomic mass is 35.5. The Morgan fingerprint density at radius 1 is 1.19 bits per heavy atom. The molecule has 0 bridgehead atoms. The van der Waals surface area contributed by atoms with Gasteiger partial charge < -0.3 is 10.5 Å². The van der Waals surface area contributed by atoms with Gasteiger partial charge in [0.25, 0.3) is 0 Å². The summed E-state index contributed by atoms with van der Waals surface area (Å²) in [7, 11) is -3.09. The van der Waals surface area contributed by atoms with E-state index in [1.165, 1.54) is 0 Å². The predicted octanol–water partition coefficient (Wildman–Crippen LogP) is 1.30. The van der Waals surface area contributed by atoms with Gasteiger partial charge in [0.15, 0.2) is 9.84 Å². The van der Waals surface area contributed by atoms with Crippen LogP contribution in [0.4, 0.5) is 5.69 Å². The minimum absolute atomic E-state index is 0.0142. The topological polar surface area (TPSA) is 69.4 Å². The summed E-state index contributed by atoms with van der Waals surface area (Å²) < 4.78 is 27.8. The molecule has 0 unspecified atom stereocenters. The number of nitrogen functional groups attached to an aromatic ring is 1. The summed E-state index contributed by atoms with van der Waals surface area (Å²) in [5.74, 6) is 0.684. The van der Waals surface area contributed by atoms with Crippen molar-refractivity contribution in [2.45, 2.75) is 0 Å². The molecule has 0 amide bonds. The molecule has 1 aromatic rings. The summed E-state index contributed by atoms with van der Waals surface area (Å²) in [5, 5.41) is 0. The summed E-state index contributed by atoms with van der Waals surface area (Å²) in [6.45, 7) is 0.128. The first-order valence-electron chi connectivity index (χ1n) is 4.78. The van der Waals surface area contributed by atoms with E-state index in [1.807, 2.05) is 0 Å². The number of nitrogens with two attached hydrogens (primary N) is 1. The largest absolute Gasteiger partial charge is 0.493 e. The first kappa shape index (κ1) is 13.1. The number of anilines is 1. The van der Waals surface area contributed by atoms with E-state index < -0.39 is 9.84 Å². The first-order valence-corrected chi connectivity index (χ1v) is 7.14. The van der Waals surface area contributed by atoms with Gasteiger partial charge in [-0.05, 0) is 24.3 Å². The van der Waals surface area contributed by atoms with Gasteiger partial charge in [0.05, 0.1) is 11.5 Å². The molecule has 0 spiro atoms. The molecule has 6 heteroatoms. The van der Waals surface area contributed by atoms with E-state index in [0.717, 1.165) is 0 Å². The summed E-state index contributed by atoms with van der Waals surface area (Å²) in [6, 6.07) is 6.79. The van der Waals surface area contributed by atoms with Crippen molar-refractivity contribution in [2.75, 3.05) is 29.7 Å². The molecule has 0 fully saturated rings. The van der Waals surface area contributed by atoms with Gasteiger partial charge in [0, 0.05) is 11.6 Å². The molecule has 16 heavy (non-hydrogen) atoms. The molecule has 0 atom stereocenters. The SMILES string of the molecule is Nc1ccc(OCCS(=O)(=O)CCCl)cc1. The lowest BCUT2D eigenvalue weighted by Crippen LogP contribution is -2.17. The molecule has 90 valence electrons. The molecule has 0 aliphatic carbocycles. The fourth-order valence-corrected chi connectivity index (χ4v) is 2.55. The number of alkyl halides is 1. The number of benzene rings is 1. The van der Waals surface area contributed by atoms with Crippen LogP contribution in [-0.2, 0) is 9.84 Å². The van der Waals surface area contributed by atoms with Crippen LogP contribution in [0.1, 0.15) is 0 Å². The van der Waals surface area contributed by atoms with Crippen LogP contribution in [0.15, 0.2) is 24.3 Å². The normalized spacial score (nSPS) is 11.3. The molecule has 0 aliphatic heterocycles. The Bertz CT molecular complexity index is 416. The second-order valence-corrected chi connectivity index (χ2v) is 5.94. The van der Waals surface area contributed by atoms with Crippen LogP contribution in [0, 0.1) is 0 Å². The Morgan fingerprint density at radius 2 is 1.81 bits per heavy atom. The maximum absolute atomic E-state index is 11.3. The summed E-state index contributed by atoms with van der Waals surface area (Å²) in [5.41, 5.74) is 6.14. The summed E-state index contributed by atoms with van der Waals surface area (Å²) in [4.78, 5) is 0. The summed E-state index contributed by atoms with van der Waals surface area (Å²) in [6.07, 6.45) is 0. The number of halogens is 1. The maximum atomic E-state index is 11.3. The second kappa shape index (κ2) is 5.96. The van der Waals surface area contributed by atoms with Crippen molar-refractivity contribution in [3.8, 4) is 5.75 Å². The van der Waals surface area contributed by atoms with Crippen molar-refractivity contribution >= 4 is 27.1 Å².